The predicted octanol–water partition coefficient (Wildman–Crippen LogP) is 3.26. The van der Waals surface area contributed by atoms with Gasteiger partial charge in [-0.1, -0.05) is 26.0 Å². The standard InChI is InChI=1S/C17H24N2O2/c1-11(2)10-16(20)18-12(3)13-6-8-15(9-7-13)19-17(21)14-4-5-14/h6-9,11-12,14H,4-5,10H2,1-3H3,(H,18,20)(H,19,21). The summed E-state index contributed by atoms with van der Waals surface area (Å²) < 4.78 is 0. The Labute approximate surface area is 126 Å². The van der Waals surface area contributed by atoms with Gasteiger partial charge in [-0.05, 0) is 43.4 Å². The van der Waals surface area contributed by atoms with Gasteiger partial charge in [0.25, 0.3) is 0 Å². The minimum Gasteiger partial charge on any atom is -0.350 e. The fourth-order valence-electron chi connectivity index (χ4n) is 2.20. The van der Waals surface area contributed by atoms with Gasteiger partial charge in [-0.2, -0.15) is 0 Å². The van der Waals surface area contributed by atoms with Crippen LogP contribution in [-0.2, 0) is 9.59 Å². The number of benzene rings is 1. The number of hydrogen-bond acceptors (Lipinski definition) is 2. The molecule has 1 aliphatic rings. The highest BCUT2D eigenvalue weighted by Gasteiger charge is 2.29. The monoisotopic (exact) mass is 288 g/mol. The molecule has 114 valence electrons. The molecule has 0 bridgehead atoms. The molecular weight excluding hydrogens is 264 g/mol. The molecule has 0 aromatic heterocycles. The third kappa shape index (κ3) is 4.88. The van der Waals surface area contributed by atoms with Crippen LogP contribution in [0.25, 0.3) is 0 Å². The molecule has 4 heteroatoms. The summed E-state index contributed by atoms with van der Waals surface area (Å²) in [5.74, 6) is 0.751. The van der Waals surface area contributed by atoms with Gasteiger partial charge < -0.3 is 10.6 Å². The van der Waals surface area contributed by atoms with E-state index in [0.29, 0.717) is 12.3 Å². The Balaban J connectivity index is 1.88. The van der Waals surface area contributed by atoms with E-state index in [9.17, 15) is 9.59 Å². The van der Waals surface area contributed by atoms with Crippen molar-refractivity contribution < 1.29 is 9.59 Å². The third-order valence-corrected chi connectivity index (χ3v) is 3.60. The average Bonchev–Trinajstić information content (AvgIpc) is 3.22. The highest BCUT2D eigenvalue weighted by molar-refractivity contribution is 5.94. The minimum atomic E-state index is -0.0237. The van der Waals surface area contributed by atoms with Crippen LogP contribution in [0.1, 0.15) is 51.6 Å². The Kier molecular flexibility index (Phi) is 4.99. The number of hydrogen-bond donors (Lipinski definition) is 2. The van der Waals surface area contributed by atoms with Crippen molar-refractivity contribution in [1.82, 2.24) is 5.32 Å². The van der Waals surface area contributed by atoms with Crippen LogP contribution in [0.4, 0.5) is 5.69 Å². The smallest absolute Gasteiger partial charge is 0.227 e. The van der Waals surface area contributed by atoms with Gasteiger partial charge in [-0.3, -0.25) is 9.59 Å². The van der Waals surface area contributed by atoms with E-state index in [1.54, 1.807) is 0 Å². The van der Waals surface area contributed by atoms with Gasteiger partial charge in [0.05, 0.1) is 6.04 Å². The first kappa shape index (κ1) is 15.5. The highest BCUT2D eigenvalue weighted by atomic mass is 16.2. The summed E-state index contributed by atoms with van der Waals surface area (Å²) in [7, 11) is 0. The zero-order valence-electron chi connectivity index (χ0n) is 13.0. The van der Waals surface area contributed by atoms with Crippen molar-refractivity contribution in [2.24, 2.45) is 11.8 Å². The Hall–Kier alpha value is -1.84. The summed E-state index contributed by atoms with van der Waals surface area (Å²) in [5.41, 5.74) is 1.85. The van der Waals surface area contributed by atoms with Gasteiger partial charge in [0.2, 0.25) is 11.8 Å². The zero-order chi connectivity index (χ0) is 15.4. The van der Waals surface area contributed by atoms with Crippen molar-refractivity contribution >= 4 is 17.5 Å². The number of anilines is 1. The van der Waals surface area contributed by atoms with Crippen LogP contribution >= 0.6 is 0 Å². The Bertz CT molecular complexity index is 504. The molecule has 2 N–H and O–H groups in total. The van der Waals surface area contributed by atoms with Crippen molar-refractivity contribution in [3.05, 3.63) is 29.8 Å². The molecule has 1 aromatic carbocycles. The molecule has 1 fully saturated rings. The first-order chi connectivity index (χ1) is 9.95. The molecule has 2 rings (SSSR count). The number of carbonyl (C=O) groups is 2. The van der Waals surface area contributed by atoms with Crippen LogP contribution in [0.3, 0.4) is 0 Å². The molecule has 0 radical (unpaired) electrons. The summed E-state index contributed by atoms with van der Waals surface area (Å²) in [5, 5.41) is 5.90. The molecule has 0 spiro atoms. The van der Waals surface area contributed by atoms with Crippen LogP contribution in [0, 0.1) is 11.8 Å². The van der Waals surface area contributed by atoms with E-state index in [0.717, 1.165) is 24.1 Å². The van der Waals surface area contributed by atoms with Crippen molar-refractivity contribution in [2.45, 2.75) is 46.1 Å². The first-order valence-electron chi connectivity index (χ1n) is 7.66. The fourth-order valence-corrected chi connectivity index (χ4v) is 2.20. The van der Waals surface area contributed by atoms with Gasteiger partial charge in [0, 0.05) is 18.0 Å². The molecule has 21 heavy (non-hydrogen) atoms. The predicted molar refractivity (Wildman–Crippen MR) is 83.8 cm³/mol. The minimum absolute atomic E-state index is 0.0237. The lowest BCUT2D eigenvalue weighted by Gasteiger charge is -2.16. The maximum Gasteiger partial charge on any atom is 0.227 e. The van der Waals surface area contributed by atoms with Gasteiger partial charge in [-0.15, -0.1) is 0 Å². The Morgan fingerprint density at radius 2 is 1.76 bits per heavy atom. The normalized spacial score (nSPS) is 15.6. The molecular formula is C17H24N2O2. The van der Waals surface area contributed by atoms with Gasteiger partial charge in [0.1, 0.15) is 0 Å². The van der Waals surface area contributed by atoms with E-state index in [2.05, 4.69) is 10.6 Å². The quantitative estimate of drug-likeness (QED) is 0.844. The molecule has 0 heterocycles. The van der Waals surface area contributed by atoms with Crippen LogP contribution < -0.4 is 10.6 Å². The summed E-state index contributed by atoms with van der Waals surface area (Å²) in [6, 6.07) is 7.65. The van der Waals surface area contributed by atoms with Crippen LogP contribution in [0.5, 0.6) is 0 Å². The lowest BCUT2D eigenvalue weighted by atomic mass is 10.1. The molecule has 1 atom stereocenters. The Morgan fingerprint density at radius 1 is 1.14 bits per heavy atom. The number of carbonyl (C=O) groups excluding carboxylic acids is 2. The molecule has 1 saturated carbocycles. The number of rotatable bonds is 6. The van der Waals surface area contributed by atoms with Crippen molar-refractivity contribution in [3.8, 4) is 0 Å². The van der Waals surface area contributed by atoms with E-state index in [4.69, 9.17) is 0 Å². The third-order valence-electron chi connectivity index (χ3n) is 3.60. The van der Waals surface area contributed by atoms with Crippen LogP contribution in [0.2, 0.25) is 0 Å². The van der Waals surface area contributed by atoms with E-state index in [1.807, 2.05) is 45.0 Å². The van der Waals surface area contributed by atoms with Gasteiger partial charge >= 0.3 is 0 Å². The largest absolute Gasteiger partial charge is 0.350 e. The molecule has 1 aromatic rings. The second kappa shape index (κ2) is 6.74. The van der Waals surface area contributed by atoms with Crippen molar-refractivity contribution in [1.29, 1.82) is 0 Å². The van der Waals surface area contributed by atoms with Gasteiger partial charge in [-0.25, -0.2) is 0 Å². The van der Waals surface area contributed by atoms with E-state index < -0.39 is 0 Å². The molecule has 2 amide bonds. The summed E-state index contributed by atoms with van der Waals surface area (Å²) in [6.45, 7) is 6.03. The van der Waals surface area contributed by atoms with Crippen molar-refractivity contribution in [2.75, 3.05) is 5.32 Å². The van der Waals surface area contributed by atoms with E-state index in [-0.39, 0.29) is 23.8 Å². The topological polar surface area (TPSA) is 58.2 Å². The molecule has 4 nitrogen and oxygen atoms in total. The average molecular weight is 288 g/mol. The summed E-state index contributed by atoms with van der Waals surface area (Å²) in [6.07, 6.45) is 2.55. The lowest BCUT2D eigenvalue weighted by molar-refractivity contribution is -0.122. The van der Waals surface area contributed by atoms with Gasteiger partial charge in [0.15, 0.2) is 0 Å². The van der Waals surface area contributed by atoms with Crippen LogP contribution in [-0.4, -0.2) is 11.8 Å². The van der Waals surface area contributed by atoms with E-state index in [1.165, 1.54) is 0 Å². The highest BCUT2D eigenvalue weighted by Crippen LogP contribution is 2.30. The molecule has 0 aliphatic heterocycles. The number of amides is 2. The maximum atomic E-state index is 11.8. The van der Waals surface area contributed by atoms with E-state index >= 15 is 0 Å². The second-order valence-electron chi connectivity index (χ2n) is 6.27. The van der Waals surface area contributed by atoms with Crippen LogP contribution in [0.15, 0.2) is 24.3 Å². The second-order valence-corrected chi connectivity index (χ2v) is 6.27. The number of nitrogens with one attached hydrogen (secondary N) is 2. The Morgan fingerprint density at radius 3 is 2.29 bits per heavy atom. The summed E-state index contributed by atoms with van der Waals surface area (Å²) >= 11 is 0. The molecule has 1 aliphatic carbocycles. The SMILES string of the molecule is CC(C)CC(=O)NC(C)c1ccc(NC(=O)C2CC2)cc1. The maximum absolute atomic E-state index is 11.8. The first-order valence-corrected chi connectivity index (χ1v) is 7.66. The summed E-state index contributed by atoms with van der Waals surface area (Å²) in [4.78, 5) is 23.4. The molecule has 0 saturated heterocycles. The molecule has 1 unspecified atom stereocenters. The fraction of sp³-hybridized carbons (Fsp3) is 0.529. The lowest BCUT2D eigenvalue weighted by Crippen LogP contribution is -2.27. The zero-order valence-corrected chi connectivity index (χ0v) is 13.0. The van der Waals surface area contributed by atoms with Crippen molar-refractivity contribution in [3.63, 3.8) is 0 Å².